The average molecular weight is 235 g/mol. The molecule has 0 aromatic heterocycles. The summed E-state index contributed by atoms with van der Waals surface area (Å²) >= 11 is 0. The molecule has 99 valence electrons. The SMILES string of the molecule is [CH2]/C=C/CC/C=C/CCCCCCCCCC. The fraction of sp³-hybridized carbons (Fsp3) is 0.706. The largest absolute Gasteiger partial charge is 0.0885 e. The fourth-order valence-electron chi connectivity index (χ4n) is 1.94. The van der Waals surface area contributed by atoms with Gasteiger partial charge in [-0.2, -0.15) is 0 Å². The van der Waals surface area contributed by atoms with Crippen LogP contribution in [0.15, 0.2) is 24.3 Å². The van der Waals surface area contributed by atoms with Crippen LogP contribution < -0.4 is 0 Å². The average Bonchev–Trinajstić information content (AvgIpc) is 2.35. The van der Waals surface area contributed by atoms with Crippen molar-refractivity contribution in [1.29, 1.82) is 0 Å². The zero-order chi connectivity index (χ0) is 12.6. The van der Waals surface area contributed by atoms with Crippen molar-refractivity contribution >= 4 is 0 Å². The van der Waals surface area contributed by atoms with Crippen LogP contribution in [-0.2, 0) is 0 Å². The lowest BCUT2D eigenvalue weighted by atomic mass is 10.1. The summed E-state index contributed by atoms with van der Waals surface area (Å²) in [5.41, 5.74) is 0. The van der Waals surface area contributed by atoms with Crippen LogP contribution in [0.1, 0.15) is 77.6 Å². The summed E-state index contributed by atoms with van der Waals surface area (Å²) in [4.78, 5) is 0. The van der Waals surface area contributed by atoms with E-state index in [2.05, 4.69) is 32.1 Å². The molecule has 0 fully saturated rings. The third-order valence-corrected chi connectivity index (χ3v) is 3.06. The first-order chi connectivity index (χ1) is 8.41. The van der Waals surface area contributed by atoms with Crippen molar-refractivity contribution in [3.05, 3.63) is 31.2 Å². The summed E-state index contributed by atoms with van der Waals surface area (Å²) in [6.07, 6.45) is 23.5. The third kappa shape index (κ3) is 15.5. The Morgan fingerprint density at radius 1 is 0.647 bits per heavy atom. The second-order valence-electron chi connectivity index (χ2n) is 4.78. The van der Waals surface area contributed by atoms with Crippen molar-refractivity contribution in [2.45, 2.75) is 77.6 Å². The molecular weight excluding hydrogens is 204 g/mol. The molecular formula is C17H31. The van der Waals surface area contributed by atoms with Gasteiger partial charge in [-0.1, -0.05) is 76.2 Å². The van der Waals surface area contributed by atoms with Gasteiger partial charge in [0.2, 0.25) is 0 Å². The molecule has 0 unspecified atom stereocenters. The first-order valence-corrected chi connectivity index (χ1v) is 7.51. The summed E-state index contributed by atoms with van der Waals surface area (Å²) in [6.45, 7) is 5.95. The van der Waals surface area contributed by atoms with E-state index in [1.807, 2.05) is 6.08 Å². The number of unbranched alkanes of at least 4 members (excludes halogenated alkanes) is 9. The molecule has 1 radical (unpaired) electrons. The minimum absolute atomic E-state index is 1.14. The predicted octanol–water partition coefficient (Wildman–Crippen LogP) is 6.24. The molecule has 0 saturated carbocycles. The lowest BCUT2D eigenvalue weighted by Crippen LogP contribution is -1.79. The van der Waals surface area contributed by atoms with Crippen LogP contribution in [0.5, 0.6) is 0 Å². The minimum Gasteiger partial charge on any atom is -0.0885 e. The molecule has 0 bridgehead atoms. The number of allylic oxidation sites excluding steroid dienone is 4. The normalized spacial score (nSPS) is 11.9. The van der Waals surface area contributed by atoms with E-state index in [1.165, 1.54) is 64.2 Å². The molecule has 0 aromatic carbocycles. The summed E-state index contributed by atoms with van der Waals surface area (Å²) in [5.74, 6) is 0. The smallest absolute Gasteiger partial charge is 0.0316 e. The van der Waals surface area contributed by atoms with E-state index in [1.54, 1.807) is 0 Å². The lowest BCUT2D eigenvalue weighted by molar-refractivity contribution is 0.577. The van der Waals surface area contributed by atoms with Gasteiger partial charge >= 0.3 is 0 Å². The number of rotatable bonds is 12. The molecule has 0 rings (SSSR count). The van der Waals surface area contributed by atoms with Crippen molar-refractivity contribution in [1.82, 2.24) is 0 Å². The fourth-order valence-corrected chi connectivity index (χ4v) is 1.94. The minimum atomic E-state index is 1.14. The summed E-state index contributed by atoms with van der Waals surface area (Å²) in [5, 5.41) is 0. The Labute approximate surface area is 109 Å². The number of hydrogen-bond donors (Lipinski definition) is 0. The maximum absolute atomic E-state index is 3.68. The zero-order valence-electron chi connectivity index (χ0n) is 11.8. The van der Waals surface area contributed by atoms with Crippen LogP contribution in [0, 0.1) is 6.92 Å². The Morgan fingerprint density at radius 2 is 1.18 bits per heavy atom. The quantitative estimate of drug-likeness (QED) is 0.277. The van der Waals surface area contributed by atoms with Crippen molar-refractivity contribution < 1.29 is 0 Å². The van der Waals surface area contributed by atoms with Crippen LogP contribution in [-0.4, -0.2) is 0 Å². The van der Waals surface area contributed by atoms with Crippen molar-refractivity contribution in [3.8, 4) is 0 Å². The molecule has 17 heavy (non-hydrogen) atoms. The van der Waals surface area contributed by atoms with Crippen LogP contribution in [0.3, 0.4) is 0 Å². The molecule has 0 amide bonds. The van der Waals surface area contributed by atoms with Gasteiger partial charge in [0.25, 0.3) is 0 Å². The van der Waals surface area contributed by atoms with Gasteiger partial charge in [-0.3, -0.25) is 0 Å². The van der Waals surface area contributed by atoms with E-state index >= 15 is 0 Å². The Morgan fingerprint density at radius 3 is 1.82 bits per heavy atom. The lowest BCUT2D eigenvalue weighted by Gasteiger charge is -1.99. The van der Waals surface area contributed by atoms with Crippen LogP contribution in [0.25, 0.3) is 0 Å². The standard InChI is InChI=1S/C17H31/c1-3-5-7-9-11-13-15-17-16-14-12-10-8-6-4-2/h3,5,11,13H,1,4,6-10,12,14-17H2,2H3/b5-3+,13-11+. The summed E-state index contributed by atoms with van der Waals surface area (Å²) in [6, 6.07) is 0. The van der Waals surface area contributed by atoms with Gasteiger partial charge in [0, 0.05) is 0 Å². The Balaban J connectivity index is 3.02. The highest BCUT2D eigenvalue weighted by molar-refractivity contribution is 4.88. The molecule has 0 aliphatic carbocycles. The topological polar surface area (TPSA) is 0 Å². The van der Waals surface area contributed by atoms with Gasteiger partial charge in [-0.05, 0) is 32.6 Å². The molecule has 0 aliphatic rings. The van der Waals surface area contributed by atoms with Gasteiger partial charge in [0.05, 0.1) is 0 Å². The highest BCUT2D eigenvalue weighted by Gasteiger charge is 1.90. The first-order valence-electron chi connectivity index (χ1n) is 7.51. The zero-order valence-corrected chi connectivity index (χ0v) is 11.8. The second-order valence-corrected chi connectivity index (χ2v) is 4.78. The highest BCUT2D eigenvalue weighted by Crippen LogP contribution is 2.09. The maximum atomic E-state index is 3.68. The van der Waals surface area contributed by atoms with Gasteiger partial charge in [-0.15, -0.1) is 0 Å². The predicted molar refractivity (Wildman–Crippen MR) is 80.1 cm³/mol. The van der Waals surface area contributed by atoms with Crippen LogP contribution in [0.4, 0.5) is 0 Å². The van der Waals surface area contributed by atoms with Crippen molar-refractivity contribution in [2.24, 2.45) is 0 Å². The van der Waals surface area contributed by atoms with Gasteiger partial charge in [0.1, 0.15) is 0 Å². The second kappa shape index (κ2) is 15.5. The van der Waals surface area contributed by atoms with Gasteiger partial charge in [0.15, 0.2) is 0 Å². The summed E-state index contributed by atoms with van der Waals surface area (Å²) < 4.78 is 0. The molecule has 0 N–H and O–H groups in total. The molecule has 0 saturated heterocycles. The van der Waals surface area contributed by atoms with E-state index < -0.39 is 0 Å². The summed E-state index contributed by atoms with van der Waals surface area (Å²) in [7, 11) is 0. The monoisotopic (exact) mass is 235 g/mol. The van der Waals surface area contributed by atoms with E-state index in [4.69, 9.17) is 0 Å². The first kappa shape index (κ1) is 16.5. The highest BCUT2D eigenvalue weighted by atomic mass is 14.0. The Kier molecular flexibility index (Phi) is 15.0. The number of hydrogen-bond acceptors (Lipinski definition) is 0. The molecule has 0 spiro atoms. The van der Waals surface area contributed by atoms with E-state index in [0.717, 1.165) is 6.42 Å². The van der Waals surface area contributed by atoms with E-state index in [-0.39, 0.29) is 0 Å². The Bertz CT molecular complexity index is 176. The molecule has 0 atom stereocenters. The third-order valence-electron chi connectivity index (χ3n) is 3.06. The maximum Gasteiger partial charge on any atom is -0.0316 e. The molecule has 0 aromatic rings. The molecule has 0 nitrogen and oxygen atoms in total. The molecule has 0 heterocycles. The van der Waals surface area contributed by atoms with Gasteiger partial charge < -0.3 is 0 Å². The Hall–Kier alpha value is -0.520. The van der Waals surface area contributed by atoms with Crippen molar-refractivity contribution in [2.75, 3.05) is 0 Å². The van der Waals surface area contributed by atoms with Crippen LogP contribution in [0.2, 0.25) is 0 Å². The van der Waals surface area contributed by atoms with Crippen molar-refractivity contribution in [3.63, 3.8) is 0 Å². The molecule has 0 heteroatoms. The van der Waals surface area contributed by atoms with E-state index in [9.17, 15) is 0 Å². The molecule has 0 aliphatic heterocycles. The van der Waals surface area contributed by atoms with Gasteiger partial charge in [-0.25, -0.2) is 0 Å². The van der Waals surface area contributed by atoms with Crippen LogP contribution >= 0.6 is 0 Å². The van der Waals surface area contributed by atoms with E-state index in [0.29, 0.717) is 0 Å².